The van der Waals surface area contributed by atoms with Gasteiger partial charge in [-0.3, -0.25) is 0 Å². The second kappa shape index (κ2) is 4.24. The van der Waals surface area contributed by atoms with Crippen molar-refractivity contribution in [3.63, 3.8) is 0 Å². The summed E-state index contributed by atoms with van der Waals surface area (Å²) in [5, 5.41) is 11.5. The third-order valence-corrected chi connectivity index (χ3v) is 3.05. The number of rotatable bonds is 3. The minimum absolute atomic E-state index is 0.205. The number of piperidine rings is 1. The van der Waals surface area contributed by atoms with Crippen LogP contribution in [0.15, 0.2) is 12.7 Å². The molecule has 3 nitrogen and oxygen atoms in total. The van der Waals surface area contributed by atoms with Crippen molar-refractivity contribution in [3.8, 4) is 0 Å². The molecule has 88 valence electrons. The van der Waals surface area contributed by atoms with E-state index in [2.05, 4.69) is 6.58 Å². The summed E-state index contributed by atoms with van der Waals surface area (Å²) >= 11 is 0. The van der Waals surface area contributed by atoms with E-state index in [0.29, 0.717) is 6.61 Å². The first-order valence-corrected chi connectivity index (χ1v) is 5.51. The summed E-state index contributed by atoms with van der Waals surface area (Å²) in [6.45, 7) is 12.4. The molecule has 1 rings (SSSR count). The first-order valence-electron chi connectivity index (χ1n) is 5.51. The fraction of sp³-hybridized carbons (Fsp3) is 0.833. The predicted molar refractivity (Wildman–Crippen MR) is 61.0 cm³/mol. The third kappa shape index (κ3) is 2.80. The summed E-state index contributed by atoms with van der Waals surface area (Å²) < 4.78 is 5.70. The normalized spacial score (nSPS) is 26.5. The second-order valence-electron chi connectivity index (χ2n) is 5.59. The molecule has 0 radical (unpaired) electrons. The fourth-order valence-electron chi connectivity index (χ4n) is 2.50. The molecule has 0 aliphatic carbocycles. The molecule has 1 fully saturated rings. The Morgan fingerprint density at radius 3 is 2.20 bits per heavy atom. The van der Waals surface area contributed by atoms with E-state index in [1.807, 2.05) is 27.7 Å². The van der Waals surface area contributed by atoms with Gasteiger partial charge in [-0.15, -0.1) is 6.58 Å². The van der Waals surface area contributed by atoms with E-state index in [-0.39, 0.29) is 17.2 Å². The maximum Gasteiger partial charge on any atom is 0.0648 e. The van der Waals surface area contributed by atoms with Gasteiger partial charge in [0.2, 0.25) is 0 Å². The van der Waals surface area contributed by atoms with Crippen molar-refractivity contribution in [2.75, 3.05) is 6.61 Å². The summed E-state index contributed by atoms with van der Waals surface area (Å²) in [6.07, 6.45) is 3.67. The van der Waals surface area contributed by atoms with Gasteiger partial charge in [0, 0.05) is 11.1 Å². The molecular formula is C12H23NO2. The maximum absolute atomic E-state index is 10.1. The van der Waals surface area contributed by atoms with Crippen molar-refractivity contribution in [3.05, 3.63) is 12.7 Å². The highest BCUT2D eigenvalue weighted by Crippen LogP contribution is 2.37. The van der Waals surface area contributed by atoms with Gasteiger partial charge in [-0.2, -0.15) is 5.06 Å². The van der Waals surface area contributed by atoms with Gasteiger partial charge in [-0.05, 0) is 40.5 Å². The lowest BCUT2D eigenvalue weighted by atomic mass is 9.80. The molecule has 15 heavy (non-hydrogen) atoms. The lowest BCUT2D eigenvalue weighted by Gasteiger charge is -2.51. The lowest BCUT2D eigenvalue weighted by molar-refractivity contribution is -0.260. The van der Waals surface area contributed by atoms with E-state index < -0.39 is 0 Å². The molecule has 0 spiro atoms. The molecule has 0 aromatic rings. The Morgan fingerprint density at radius 2 is 1.80 bits per heavy atom. The largest absolute Gasteiger partial charge is 0.374 e. The Hall–Kier alpha value is -0.380. The number of hydrogen-bond donors (Lipinski definition) is 1. The van der Waals surface area contributed by atoms with E-state index in [9.17, 15) is 5.21 Å². The van der Waals surface area contributed by atoms with Crippen LogP contribution in [0.3, 0.4) is 0 Å². The van der Waals surface area contributed by atoms with Crippen LogP contribution in [-0.4, -0.2) is 34.1 Å². The molecule has 0 bridgehead atoms. The highest BCUT2D eigenvalue weighted by molar-refractivity contribution is 4.96. The van der Waals surface area contributed by atoms with E-state index in [1.54, 1.807) is 6.08 Å². The summed E-state index contributed by atoms with van der Waals surface area (Å²) in [5.74, 6) is 0. The fourth-order valence-corrected chi connectivity index (χ4v) is 2.50. The number of hydroxylamine groups is 2. The minimum Gasteiger partial charge on any atom is -0.374 e. The molecule has 1 aliphatic heterocycles. The van der Waals surface area contributed by atoms with E-state index in [0.717, 1.165) is 12.8 Å². The van der Waals surface area contributed by atoms with Crippen LogP contribution in [0.25, 0.3) is 0 Å². The van der Waals surface area contributed by atoms with Crippen LogP contribution in [-0.2, 0) is 4.74 Å². The topological polar surface area (TPSA) is 32.7 Å². The van der Waals surface area contributed by atoms with E-state index in [1.165, 1.54) is 5.06 Å². The van der Waals surface area contributed by atoms with Gasteiger partial charge in [-0.1, -0.05) is 6.08 Å². The molecule has 0 aromatic heterocycles. The summed E-state index contributed by atoms with van der Waals surface area (Å²) in [6, 6.07) is 0. The molecule has 1 N–H and O–H groups in total. The van der Waals surface area contributed by atoms with E-state index >= 15 is 0 Å². The zero-order valence-corrected chi connectivity index (χ0v) is 10.3. The molecule has 0 aromatic carbocycles. The predicted octanol–water partition coefficient (Wildman–Crippen LogP) is 2.60. The van der Waals surface area contributed by atoms with Crippen LogP contribution < -0.4 is 0 Å². The van der Waals surface area contributed by atoms with Crippen LogP contribution in [0.1, 0.15) is 40.5 Å². The highest BCUT2D eigenvalue weighted by atomic mass is 16.5. The molecule has 1 heterocycles. The number of hydrogen-bond acceptors (Lipinski definition) is 3. The van der Waals surface area contributed by atoms with Crippen molar-refractivity contribution in [1.29, 1.82) is 0 Å². The zero-order valence-electron chi connectivity index (χ0n) is 10.3. The average Bonchev–Trinajstić information content (AvgIpc) is 2.10. The first kappa shape index (κ1) is 12.7. The van der Waals surface area contributed by atoms with Gasteiger partial charge < -0.3 is 9.94 Å². The molecular weight excluding hydrogens is 190 g/mol. The maximum atomic E-state index is 10.1. The van der Waals surface area contributed by atoms with Gasteiger partial charge in [0.15, 0.2) is 0 Å². The monoisotopic (exact) mass is 213 g/mol. The Labute approximate surface area is 92.7 Å². The van der Waals surface area contributed by atoms with Gasteiger partial charge in [-0.25, -0.2) is 0 Å². The summed E-state index contributed by atoms with van der Waals surface area (Å²) in [5.41, 5.74) is -0.457. The summed E-state index contributed by atoms with van der Waals surface area (Å²) in [7, 11) is 0. The number of nitrogens with zero attached hydrogens (tertiary/aromatic N) is 1. The van der Waals surface area contributed by atoms with E-state index in [4.69, 9.17) is 4.74 Å². The van der Waals surface area contributed by atoms with Gasteiger partial charge in [0.05, 0.1) is 12.7 Å². The Bertz CT molecular complexity index is 218. The highest BCUT2D eigenvalue weighted by Gasteiger charge is 2.45. The minimum atomic E-state index is -0.229. The van der Waals surface area contributed by atoms with Crippen LogP contribution in [0.2, 0.25) is 0 Å². The Balaban J connectivity index is 2.70. The molecule has 0 unspecified atom stereocenters. The van der Waals surface area contributed by atoms with Crippen LogP contribution in [0.5, 0.6) is 0 Å². The van der Waals surface area contributed by atoms with Crippen LogP contribution in [0.4, 0.5) is 0 Å². The molecule has 3 heteroatoms. The summed E-state index contributed by atoms with van der Waals surface area (Å²) in [4.78, 5) is 0. The standard InChI is InChI=1S/C12H23NO2/c1-6-7-15-10-8-11(2,3)13(14)12(4,5)9-10/h6,10,14H,1,7-9H2,2-5H3. The molecule has 0 atom stereocenters. The smallest absolute Gasteiger partial charge is 0.0648 e. The van der Waals surface area contributed by atoms with Crippen molar-refractivity contribution in [2.45, 2.75) is 57.7 Å². The van der Waals surface area contributed by atoms with Gasteiger partial charge in [0.1, 0.15) is 0 Å². The van der Waals surface area contributed by atoms with Gasteiger partial charge >= 0.3 is 0 Å². The zero-order chi connectivity index (χ0) is 11.7. The van der Waals surface area contributed by atoms with Crippen molar-refractivity contribution < 1.29 is 9.94 Å². The molecule has 0 amide bonds. The SMILES string of the molecule is C=CCOC1CC(C)(C)N(O)C(C)(C)C1. The Morgan fingerprint density at radius 1 is 1.33 bits per heavy atom. The molecule has 1 aliphatic rings. The lowest BCUT2D eigenvalue weighted by Crippen LogP contribution is -2.60. The third-order valence-electron chi connectivity index (χ3n) is 3.05. The van der Waals surface area contributed by atoms with Crippen LogP contribution >= 0.6 is 0 Å². The second-order valence-corrected chi connectivity index (χ2v) is 5.59. The van der Waals surface area contributed by atoms with Crippen molar-refractivity contribution >= 4 is 0 Å². The average molecular weight is 213 g/mol. The van der Waals surface area contributed by atoms with Crippen molar-refractivity contribution in [1.82, 2.24) is 5.06 Å². The quantitative estimate of drug-likeness (QED) is 0.731. The first-order chi connectivity index (χ1) is 6.79. The van der Waals surface area contributed by atoms with Crippen LogP contribution in [0, 0.1) is 0 Å². The molecule has 1 saturated heterocycles. The Kier molecular flexibility index (Phi) is 3.59. The molecule has 0 saturated carbocycles. The number of ether oxygens (including phenoxy) is 1. The van der Waals surface area contributed by atoms with Gasteiger partial charge in [0.25, 0.3) is 0 Å². The van der Waals surface area contributed by atoms with Crippen molar-refractivity contribution in [2.24, 2.45) is 0 Å².